The summed E-state index contributed by atoms with van der Waals surface area (Å²) >= 11 is 0. The third-order valence-electron chi connectivity index (χ3n) is 5.42. The van der Waals surface area contributed by atoms with Crippen molar-refractivity contribution in [1.82, 2.24) is 15.5 Å². The van der Waals surface area contributed by atoms with Crippen molar-refractivity contribution < 1.29 is 22.6 Å². The van der Waals surface area contributed by atoms with Crippen LogP contribution in [0, 0.1) is 5.92 Å². The largest absolute Gasteiger partial charge is 0.493 e. The van der Waals surface area contributed by atoms with Gasteiger partial charge in [-0.15, -0.1) is 24.0 Å². The molecule has 1 heterocycles. The Morgan fingerprint density at radius 1 is 1.12 bits per heavy atom. The number of halogens is 4. The van der Waals surface area contributed by atoms with Gasteiger partial charge in [0.05, 0.1) is 20.8 Å². The van der Waals surface area contributed by atoms with Crippen LogP contribution in [-0.4, -0.2) is 70.5 Å². The predicted octanol–water partition coefficient (Wildman–Crippen LogP) is 4.08. The lowest BCUT2D eigenvalue weighted by Gasteiger charge is -2.32. The molecule has 0 unspecified atom stereocenters. The lowest BCUT2D eigenvalue weighted by Crippen LogP contribution is -2.40. The van der Waals surface area contributed by atoms with Crippen LogP contribution in [0.25, 0.3) is 0 Å². The molecule has 1 saturated heterocycles. The summed E-state index contributed by atoms with van der Waals surface area (Å²) in [6, 6.07) is 5.88. The number of alkyl halides is 3. The highest BCUT2D eigenvalue weighted by Gasteiger charge is 2.32. The van der Waals surface area contributed by atoms with Crippen LogP contribution in [-0.2, 0) is 6.42 Å². The summed E-state index contributed by atoms with van der Waals surface area (Å²) in [6.45, 7) is 4.38. The maximum Gasteiger partial charge on any atom is 0.401 e. The monoisotopic (exact) mass is 572 g/mol. The summed E-state index contributed by atoms with van der Waals surface area (Å²) < 4.78 is 48.1. The first-order valence-corrected chi connectivity index (χ1v) is 10.9. The number of guanidine groups is 1. The van der Waals surface area contributed by atoms with E-state index in [0.29, 0.717) is 37.1 Å². The Bertz CT molecular complexity index is 696. The Morgan fingerprint density at radius 2 is 1.81 bits per heavy atom. The Hall–Kier alpha value is -1.43. The topological polar surface area (TPSA) is 58.1 Å². The van der Waals surface area contributed by atoms with Crippen LogP contribution < -0.4 is 20.1 Å². The third kappa shape index (κ3) is 10.5. The molecule has 6 nitrogen and oxygen atoms in total. The van der Waals surface area contributed by atoms with E-state index in [9.17, 15) is 13.2 Å². The normalized spacial score (nSPS) is 15.8. The van der Waals surface area contributed by atoms with Crippen LogP contribution in [0.2, 0.25) is 0 Å². The zero-order valence-electron chi connectivity index (χ0n) is 19.1. The molecule has 0 saturated carbocycles. The Labute approximate surface area is 206 Å². The number of hydrogen-bond donors (Lipinski definition) is 2. The molecule has 1 aliphatic rings. The molecule has 0 spiro atoms. The number of ether oxygens (including phenoxy) is 2. The van der Waals surface area contributed by atoms with Crippen molar-refractivity contribution >= 4 is 29.9 Å². The molecule has 0 amide bonds. The number of piperidine rings is 1. The summed E-state index contributed by atoms with van der Waals surface area (Å²) in [6.07, 6.45) is -0.807. The fraction of sp³-hybridized carbons (Fsp3) is 0.682. The van der Waals surface area contributed by atoms with Crippen LogP contribution in [0.4, 0.5) is 13.2 Å². The Balaban J connectivity index is 0.00000512. The predicted molar refractivity (Wildman–Crippen MR) is 132 cm³/mol. The lowest BCUT2D eigenvalue weighted by molar-refractivity contribution is -0.148. The highest BCUT2D eigenvalue weighted by atomic mass is 127. The minimum Gasteiger partial charge on any atom is -0.493 e. The minimum atomic E-state index is -4.11. The number of nitrogens with zero attached hydrogens (tertiary/aromatic N) is 2. The second-order valence-corrected chi connectivity index (χ2v) is 7.75. The van der Waals surface area contributed by atoms with Crippen LogP contribution >= 0.6 is 24.0 Å². The standard InChI is InChI=1S/C22H35F3N4O2.HI/c1-4-26-21(28-12-8-18-5-6-19(30-2)20(15-18)31-3)27-11-7-17-9-13-29(14-10-17)16-22(23,24)25;/h5-6,15,17H,4,7-14,16H2,1-3H3,(H2,26,27,28);1H. The summed E-state index contributed by atoms with van der Waals surface area (Å²) in [5, 5.41) is 6.58. The molecule has 0 aromatic heterocycles. The first-order chi connectivity index (χ1) is 14.8. The van der Waals surface area contributed by atoms with Gasteiger partial charge in [0.1, 0.15) is 0 Å². The molecule has 32 heavy (non-hydrogen) atoms. The molecular weight excluding hydrogens is 536 g/mol. The Kier molecular flexibility index (Phi) is 13.1. The third-order valence-corrected chi connectivity index (χ3v) is 5.42. The number of hydrogen-bond acceptors (Lipinski definition) is 4. The SMILES string of the molecule is CCNC(=NCCC1CCN(CC(F)(F)F)CC1)NCCc1ccc(OC)c(OC)c1.I. The average Bonchev–Trinajstić information content (AvgIpc) is 2.73. The Morgan fingerprint density at radius 3 is 2.41 bits per heavy atom. The van der Waals surface area contributed by atoms with Gasteiger partial charge in [-0.1, -0.05) is 6.07 Å². The zero-order valence-corrected chi connectivity index (χ0v) is 21.5. The van der Waals surface area contributed by atoms with Crippen molar-refractivity contribution in [3.05, 3.63) is 23.8 Å². The first kappa shape index (κ1) is 28.6. The summed E-state index contributed by atoms with van der Waals surface area (Å²) in [7, 11) is 3.24. The highest BCUT2D eigenvalue weighted by Crippen LogP contribution is 2.27. The van der Waals surface area contributed by atoms with Crippen molar-refractivity contribution in [3.63, 3.8) is 0 Å². The van der Waals surface area contributed by atoms with E-state index in [2.05, 4.69) is 15.6 Å². The molecule has 0 radical (unpaired) electrons. The molecule has 1 aliphatic heterocycles. The first-order valence-electron chi connectivity index (χ1n) is 10.9. The fourth-order valence-corrected chi connectivity index (χ4v) is 3.75. The molecule has 1 aromatic carbocycles. The van der Waals surface area contributed by atoms with E-state index in [4.69, 9.17) is 9.47 Å². The lowest BCUT2D eigenvalue weighted by atomic mass is 9.93. The average molecular weight is 572 g/mol. The van der Waals surface area contributed by atoms with E-state index in [1.807, 2.05) is 25.1 Å². The molecule has 0 bridgehead atoms. The van der Waals surface area contributed by atoms with E-state index in [1.54, 1.807) is 14.2 Å². The van der Waals surface area contributed by atoms with Crippen LogP contribution in [0.3, 0.4) is 0 Å². The summed E-state index contributed by atoms with van der Waals surface area (Å²) in [5.41, 5.74) is 1.13. The van der Waals surface area contributed by atoms with Gasteiger partial charge < -0.3 is 20.1 Å². The number of aliphatic imine (C=N–C) groups is 1. The van der Waals surface area contributed by atoms with E-state index in [-0.39, 0.29) is 24.0 Å². The van der Waals surface area contributed by atoms with Gasteiger partial charge in [-0.25, -0.2) is 0 Å². The van der Waals surface area contributed by atoms with E-state index < -0.39 is 12.7 Å². The molecule has 10 heteroatoms. The minimum absolute atomic E-state index is 0. The quantitative estimate of drug-likeness (QED) is 0.252. The van der Waals surface area contributed by atoms with Crippen molar-refractivity contribution in [3.8, 4) is 11.5 Å². The molecular formula is C22H36F3IN4O2. The maximum atomic E-state index is 12.5. The molecule has 1 aromatic rings. The summed E-state index contributed by atoms with van der Waals surface area (Å²) in [5.74, 6) is 2.61. The van der Waals surface area contributed by atoms with Crippen molar-refractivity contribution in [2.75, 3.05) is 53.5 Å². The molecule has 1 fully saturated rings. The van der Waals surface area contributed by atoms with Gasteiger partial charge in [-0.05, 0) is 69.3 Å². The fourth-order valence-electron chi connectivity index (χ4n) is 3.75. The number of nitrogens with one attached hydrogen (secondary N) is 2. The van der Waals surface area contributed by atoms with Gasteiger partial charge in [-0.2, -0.15) is 13.2 Å². The van der Waals surface area contributed by atoms with E-state index in [1.165, 1.54) is 4.90 Å². The van der Waals surface area contributed by atoms with Crippen LogP contribution in [0.15, 0.2) is 23.2 Å². The molecule has 184 valence electrons. The molecule has 2 N–H and O–H groups in total. The number of likely N-dealkylation sites (tertiary alicyclic amines) is 1. The summed E-state index contributed by atoms with van der Waals surface area (Å²) in [4.78, 5) is 6.13. The zero-order chi connectivity index (χ0) is 22.7. The van der Waals surface area contributed by atoms with Crippen molar-refractivity contribution in [1.29, 1.82) is 0 Å². The van der Waals surface area contributed by atoms with E-state index in [0.717, 1.165) is 50.3 Å². The van der Waals surface area contributed by atoms with E-state index >= 15 is 0 Å². The molecule has 0 aliphatic carbocycles. The smallest absolute Gasteiger partial charge is 0.401 e. The molecule has 0 atom stereocenters. The van der Waals surface area contributed by atoms with Gasteiger partial charge in [0, 0.05) is 19.6 Å². The van der Waals surface area contributed by atoms with Gasteiger partial charge >= 0.3 is 6.18 Å². The van der Waals surface area contributed by atoms with Crippen LogP contribution in [0.1, 0.15) is 31.7 Å². The van der Waals surface area contributed by atoms with Crippen LogP contribution in [0.5, 0.6) is 11.5 Å². The second kappa shape index (κ2) is 14.7. The number of methoxy groups -OCH3 is 2. The molecule has 2 rings (SSSR count). The second-order valence-electron chi connectivity index (χ2n) is 7.75. The van der Waals surface area contributed by atoms with Gasteiger partial charge in [-0.3, -0.25) is 9.89 Å². The maximum absolute atomic E-state index is 12.5. The van der Waals surface area contributed by atoms with Crippen molar-refractivity contribution in [2.45, 2.75) is 38.8 Å². The number of benzene rings is 1. The van der Waals surface area contributed by atoms with Gasteiger partial charge in [0.2, 0.25) is 0 Å². The van der Waals surface area contributed by atoms with Crippen molar-refractivity contribution in [2.24, 2.45) is 10.9 Å². The highest BCUT2D eigenvalue weighted by molar-refractivity contribution is 14.0. The van der Waals surface area contributed by atoms with Gasteiger partial charge in [0.25, 0.3) is 0 Å². The van der Waals surface area contributed by atoms with Gasteiger partial charge in [0.15, 0.2) is 17.5 Å². The number of rotatable bonds is 10.